The minimum absolute atomic E-state index is 0.150. The van der Waals surface area contributed by atoms with Crippen molar-refractivity contribution < 1.29 is 9.53 Å². The van der Waals surface area contributed by atoms with E-state index in [0.717, 1.165) is 16.0 Å². The van der Waals surface area contributed by atoms with E-state index in [4.69, 9.17) is 4.74 Å². The average molecular weight is 367 g/mol. The number of hydrogen-bond acceptors (Lipinski definition) is 4. The summed E-state index contributed by atoms with van der Waals surface area (Å²) in [5.74, 6) is 0.433. The van der Waals surface area contributed by atoms with Gasteiger partial charge < -0.3 is 10.1 Å². The molecule has 134 valence electrons. The molecule has 0 saturated heterocycles. The van der Waals surface area contributed by atoms with Gasteiger partial charge in [0.15, 0.2) is 0 Å². The van der Waals surface area contributed by atoms with Crippen molar-refractivity contribution in [1.29, 1.82) is 0 Å². The van der Waals surface area contributed by atoms with Crippen molar-refractivity contribution in [3.63, 3.8) is 0 Å². The Bertz CT molecular complexity index is 879. The molecule has 1 aromatic heterocycles. The van der Waals surface area contributed by atoms with E-state index in [1.807, 2.05) is 53.5 Å². The lowest BCUT2D eigenvalue weighted by molar-refractivity contribution is 0.0947. The standard InChI is InChI=1S/C20H21N3O2S/c1-25-19-12-17(26-2)8-9-18(19)20(24)21-13-15-6-3-4-7-16(15)14-23-11-5-10-22-23/h3-12H,13-14H2,1-2H3,(H,21,24). The third kappa shape index (κ3) is 4.26. The second-order valence-corrected chi connectivity index (χ2v) is 6.60. The molecule has 3 aromatic rings. The zero-order valence-electron chi connectivity index (χ0n) is 14.8. The first-order chi connectivity index (χ1) is 12.7. The third-order valence-electron chi connectivity index (χ3n) is 4.10. The highest BCUT2D eigenvalue weighted by Crippen LogP contribution is 2.25. The Morgan fingerprint density at radius 3 is 2.69 bits per heavy atom. The third-order valence-corrected chi connectivity index (χ3v) is 4.83. The van der Waals surface area contributed by atoms with Crippen molar-refractivity contribution in [2.75, 3.05) is 13.4 Å². The molecule has 1 N–H and O–H groups in total. The summed E-state index contributed by atoms with van der Waals surface area (Å²) in [6.45, 7) is 1.12. The Labute approximate surface area is 157 Å². The molecule has 3 rings (SSSR count). The topological polar surface area (TPSA) is 56.1 Å². The Balaban J connectivity index is 1.72. The number of hydrogen-bond donors (Lipinski definition) is 1. The number of carbonyl (C=O) groups excluding carboxylic acids is 1. The highest BCUT2D eigenvalue weighted by atomic mass is 32.2. The van der Waals surface area contributed by atoms with Gasteiger partial charge in [0.1, 0.15) is 5.75 Å². The van der Waals surface area contributed by atoms with Gasteiger partial charge in [0.2, 0.25) is 0 Å². The zero-order valence-corrected chi connectivity index (χ0v) is 15.6. The normalized spacial score (nSPS) is 10.5. The van der Waals surface area contributed by atoms with Crippen LogP contribution in [0.3, 0.4) is 0 Å². The van der Waals surface area contributed by atoms with Crippen LogP contribution in [0.1, 0.15) is 21.5 Å². The summed E-state index contributed by atoms with van der Waals surface area (Å²) in [5.41, 5.74) is 2.73. The first-order valence-corrected chi connectivity index (χ1v) is 9.48. The number of amides is 1. The van der Waals surface area contributed by atoms with Gasteiger partial charge in [-0.1, -0.05) is 24.3 Å². The maximum atomic E-state index is 12.6. The lowest BCUT2D eigenvalue weighted by Gasteiger charge is -2.13. The monoisotopic (exact) mass is 367 g/mol. The van der Waals surface area contributed by atoms with E-state index in [1.165, 1.54) is 0 Å². The Hall–Kier alpha value is -2.73. The minimum Gasteiger partial charge on any atom is -0.496 e. The molecule has 0 aliphatic heterocycles. The minimum atomic E-state index is -0.150. The summed E-state index contributed by atoms with van der Waals surface area (Å²) in [4.78, 5) is 13.7. The zero-order chi connectivity index (χ0) is 18.4. The predicted octanol–water partition coefficient (Wildman–Crippen LogP) is 3.59. The van der Waals surface area contributed by atoms with Crippen LogP contribution in [0, 0.1) is 0 Å². The maximum absolute atomic E-state index is 12.6. The highest BCUT2D eigenvalue weighted by Gasteiger charge is 2.13. The molecule has 0 radical (unpaired) electrons. The van der Waals surface area contributed by atoms with E-state index in [1.54, 1.807) is 31.1 Å². The van der Waals surface area contributed by atoms with Gasteiger partial charge in [-0.05, 0) is 41.6 Å². The van der Waals surface area contributed by atoms with Gasteiger partial charge in [0.05, 0.1) is 19.2 Å². The van der Waals surface area contributed by atoms with E-state index < -0.39 is 0 Å². The van der Waals surface area contributed by atoms with Crippen LogP contribution in [0.2, 0.25) is 0 Å². The molecular weight excluding hydrogens is 346 g/mol. The highest BCUT2D eigenvalue weighted by molar-refractivity contribution is 7.98. The van der Waals surface area contributed by atoms with E-state index in [0.29, 0.717) is 24.4 Å². The number of ether oxygens (including phenoxy) is 1. The molecule has 6 heteroatoms. The van der Waals surface area contributed by atoms with Crippen molar-refractivity contribution in [2.45, 2.75) is 18.0 Å². The number of thioether (sulfide) groups is 1. The Kier molecular flexibility index (Phi) is 5.96. The molecule has 1 amide bonds. The fourth-order valence-corrected chi connectivity index (χ4v) is 3.14. The van der Waals surface area contributed by atoms with E-state index >= 15 is 0 Å². The smallest absolute Gasteiger partial charge is 0.255 e. The summed E-state index contributed by atoms with van der Waals surface area (Å²) in [7, 11) is 1.58. The average Bonchev–Trinajstić information content (AvgIpc) is 3.19. The van der Waals surface area contributed by atoms with Gasteiger partial charge in [0, 0.05) is 23.8 Å². The maximum Gasteiger partial charge on any atom is 0.255 e. The molecule has 0 fully saturated rings. The molecule has 0 aliphatic rings. The molecule has 5 nitrogen and oxygen atoms in total. The van der Waals surface area contributed by atoms with Crippen molar-refractivity contribution in [3.8, 4) is 5.75 Å². The SMILES string of the molecule is COc1cc(SC)ccc1C(=O)NCc1ccccc1Cn1cccn1. The number of methoxy groups -OCH3 is 1. The number of nitrogens with zero attached hydrogens (tertiary/aromatic N) is 2. The largest absolute Gasteiger partial charge is 0.496 e. The summed E-state index contributed by atoms with van der Waals surface area (Å²) in [6, 6.07) is 15.5. The lowest BCUT2D eigenvalue weighted by Crippen LogP contribution is -2.24. The van der Waals surface area contributed by atoms with Crippen LogP contribution >= 0.6 is 11.8 Å². The fraction of sp³-hybridized carbons (Fsp3) is 0.200. The molecule has 2 aromatic carbocycles. The van der Waals surface area contributed by atoms with E-state index in [9.17, 15) is 4.79 Å². The first-order valence-electron chi connectivity index (χ1n) is 8.25. The van der Waals surface area contributed by atoms with Gasteiger partial charge in [-0.15, -0.1) is 11.8 Å². The summed E-state index contributed by atoms with van der Waals surface area (Å²) in [6.07, 6.45) is 5.67. The van der Waals surface area contributed by atoms with Crippen LogP contribution in [-0.2, 0) is 13.1 Å². The second-order valence-electron chi connectivity index (χ2n) is 5.72. The number of nitrogens with one attached hydrogen (secondary N) is 1. The number of rotatable bonds is 7. The second kappa shape index (κ2) is 8.58. The summed E-state index contributed by atoms with van der Waals surface area (Å²) in [5, 5.41) is 7.24. The Morgan fingerprint density at radius 2 is 2.00 bits per heavy atom. The van der Waals surface area contributed by atoms with Crippen molar-refractivity contribution in [1.82, 2.24) is 15.1 Å². The molecule has 0 aliphatic carbocycles. The molecule has 0 atom stereocenters. The van der Waals surface area contributed by atoms with Crippen LogP contribution in [0.4, 0.5) is 0 Å². The first kappa shape index (κ1) is 18.1. The van der Waals surface area contributed by atoms with Crippen LogP contribution in [0.15, 0.2) is 65.8 Å². The molecule has 0 spiro atoms. The van der Waals surface area contributed by atoms with Gasteiger partial charge in [-0.3, -0.25) is 9.48 Å². The van der Waals surface area contributed by atoms with E-state index in [-0.39, 0.29) is 5.91 Å². The van der Waals surface area contributed by atoms with Gasteiger partial charge in [-0.2, -0.15) is 5.10 Å². The van der Waals surface area contributed by atoms with E-state index in [2.05, 4.69) is 16.5 Å². The Morgan fingerprint density at radius 1 is 1.19 bits per heavy atom. The van der Waals surface area contributed by atoms with Crippen LogP contribution < -0.4 is 10.1 Å². The molecule has 0 unspecified atom stereocenters. The van der Waals surface area contributed by atoms with Gasteiger partial charge in [-0.25, -0.2) is 0 Å². The summed E-state index contributed by atoms with van der Waals surface area (Å²) >= 11 is 1.61. The molecule has 0 bridgehead atoms. The molecular formula is C20H21N3O2S. The molecule has 26 heavy (non-hydrogen) atoms. The van der Waals surface area contributed by atoms with Crippen LogP contribution in [0.25, 0.3) is 0 Å². The number of carbonyl (C=O) groups is 1. The van der Waals surface area contributed by atoms with Gasteiger partial charge in [0.25, 0.3) is 5.91 Å². The van der Waals surface area contributed by atoms with Crippen molar-refractivity contribution in [3.05, 3.63) is 77.6 Å². The summed E-state index contributed by atoms with van der Waals surface area (Å²) < 4.78 is 7.23. The molecule has 0 saturated carbocycles. The quantitative estimate of drug-likeness (QED) is 0.649. The fourth-order valence-electron chi connectivity index (χ4n) is 2.71. The van der Waals surface area contributed by atoms with Crippen molar-refractivity contribution >= 4 is 17.7 Å². The lowest BCUT2D eigenvalue weighted by atomic mass is 10.1. The number of aromatic nitrogens is 2. The number of benzene rings is 2. The van der Waals surface area contributed by atoms with Crippen molar-refractivity contribution in [2.24, 2.45) is 0 Å². The van der Waals surface area contributed by atoms with Crippen LogP contribution in [0.5, 0.6) is 5.75 Å². The molecule has 1 heterocycles. The van der Waals surface area contributed by atoms with Crippen LogP contribution in [-0.4, -0.2) is 29.1 Å². The predicted molar refractivity (Wildman–Crippen MR) is 104 cm³/mol. The van der Waals surface area contributed by atoms with Gasteiger partial charge >= 0.3 is 0 Å².